The SMILES string of the molecule is CCc1ccc2c(c1)c(=O)c1ccc3cc4c5ccc(CC)cc5c(=O)c5ccc6cc2c1c3c6c54. The predicted molar refractivity (Wildman–Crippen MR) is 154 cm³/mol. The molecule has 0 aliphatic rings. The monoisotopic (exact) mass is 462 g/mol. The van der Waals surface area contributed by atoms with Crippen LogP contribution >= 0.6 is 0 Å². The summed E-state index contributed by atoms with van der Waals surface area (Å²) in [4.78, 5) is 27.4. The fraction of sp³-hybridized carbons (Fsp3) is 0.118. The van der Waals surface area contributed by atoms with Crippen LogP contribution in [0, 0.1) is 0 Å². The Hall–Kier alpha value is -4.30. The number of aryl methyl sites for hydroxylation is 2. The molecule has 0 spiro atoms. The van der Waals surface area contributed by atoms with Crippen LogP contribution in [0.2, 0.25) is 0 Å². The van der Waals surface area contributed by atoms with Crippen molar-refractivity contribution >= 4 is 75.4 Å². The molecule has 0 unspecified atom stereocenters. The first kappa shape index (κ1) is 19.9. The van der Waals surface area contributed by atoms with Crippen LogP contribution in [0.4, 0.5) is 0 Å². The summed E-state index contributed by atoms with van der Waals surface area (Å²) in [5.74, 6) is 0. The van der Waals surface area contributed by atoms with Crippen molar-refractivity contribution in [3.63, 3.8) is 0 Å². The molecule has 170 valence electrons. The fourth-order valence-corrected chi connectivity index (χ4v) is 6.59. The third kappa shape index (κ3) is 2.27. The van der Waals surface area contributed by atoms with Crippen molar-refractivity contribution in [3.05, 3.63) is 104 Å². The molecule has 8 aromatic rings. The molecule has 0 N–H and O–H groups in total. The largest absolute Gasteiger partial charge is 0.289 e. The lowest BCUT2D eigenvalue weighted by molar-refractivity contribution is 1.15. The minimum absolute atomic E-state index is 0.0896. The van der Waals surface area contributed by atoms with E-state index in [2.05, 4.69) is 74.5 Å². The molecule has 0 aliphatic heterocycles. The van der Waals surface area contributed by atoms with Gasteiger partial charge in [-0.3, -0.25) is 9.59 Å². The number of fused-ring (bicyclic) bond motifs is 4. The minimum atomic E-state index is 0.0896. The molecule has 0 saturated carbocycles. The van der Waals surface area contributed by atoms with E-state index in [1.807, 2.05) is 12.1 Å². The Morgan fingerprint density at radius 3 is 1.25 bits per heavy atom. The molecule has 0 atom stereocenters. The van der Waals surface area contributed by atoms with E-state index in [-0.39, 0.29) is 10.9 Å². The summed E-state index contributed by atoms with van der Waals surface area (Å²) in [5.41, 5.74) is 2.52. The van der Waals surface area contributed by atoms with Gasteiger partial charge in [0, 0.05) is 32.3 Å². The Morgan fingerprint density at radius 1 is 0.417 bits per heavy atom. The molecule has 0 aliphatic carbocycles. The highest BCUT2D eigenvalue weighted by atomic mass is 16.1. The Morgan fingerprint density at radius 2 is 0.833 bits per heavy atom. The van der Waals surface area contributed by atoms with Crippen LogP contribution in [0.25, 0.3) is 75.4 Å². The maximum absolute atomic E-state index is 13.7. The average molecular weight is 463 g/mol. The Balaban J connectivity index is 1.69. The summed E-state index contributed by atoms with van der Waals surface area (Å²) in [5, 5.41) is 13.8. The summed E-state index contributed by atoms with van der Waals surface area (Å²) in [6.07, 6.45) is 1.79. The molecule has 0 aromatic heterocycles. The van der Waals surface area contributed by atoms with E-state index in [1.165, 1.54) is 11.1 Å². The quantitative estimate of drug-likeness (QED) is 0.193. The van der Waals surface area contributed by atoms with Gasteiger partial charge < -0.3 is 0 Å². The summed E-state index contributed by atoms with van der Waals surface area (Å²) in [6.45, 7) is 4.23. The van der Waals surface area contributed by atoms with E-state index in [0.29, 0.717) is 0 Å². The molecule has 0 fully saturated rings. The molecule has 8 rings (SSSR count). The van der Waals surface area contributed by atoms with Crippen molar-refractivity contribution in [3.8, 4) is 0 Å². The minimum Gasteiger partial charge on any atom is -0.289 e. The van der Waals surface area contributed by atoms with E-state index >= 15 is 0 Å². The maximum atomic E-state index is 13.7. The van der Waals surface area contributed by atoms with Gasteiger partial charge in [0.1, 0.15) is 0 Å². The molecule has 2 heteroatoms. The summed E-state index contributed by atoms with van der Waals surface area (Å²) in [6, 6.07) is 25.2. The topological polar surface area (TPSA) is 34.1 Å². The third-order valence-corrected chi connectivity index (χ3v) is 8.41. The number of hydrogen-bond acceptors (Lipinski definition) is 2. The zero-order valence-electron chi connectivity index (χ0n) is 20.2. The highest BCUT2D eigenvalue weighted by Gasteiger charge is 2.21. The standard InChI is InChI=1S/C34H22O2/c1-3-17-5-9-21-25-15-19-8-12-24-32-26(22-10-6-18(4-2)14-28(22)34(24)36)16-20-7-11-23(33(35)27(21)13-17)31(25)29(20)30(19)32/h5-16H,3-4H2,1-2H3. The highest BCUT2D eigenvalue weighted by Crippen LogP contribution is 2.45. The first-order valence-corrected chi connectivity index (χ1v) is 12.7. The number of hydrogen-bond donors (Lipinski definition) is 0. The highest BCUT2D eigenvalue weighted by molar-refractivity contribution is 6.40. The second-order valence-corrected chi connectivity index (χ2v) is 10.1. The van der Waals surface area contributed by atoms with E-state index in [1.54, 1.807) is 0 Å². The predicted octanol–water partition coefficient (Wildman–Crippen LogP) is 7.92. The van der Waals surface area contributed by atoms with Gasteiger partial charge in [-0.05, 0) is 103 Å². The van der Waals surface area contributed by atoms with Crippen molar-refractivity contribution in [2.24, 2.45) is 0 Å². The van der Waals surface area contributed by atoms with E-state index in [9.17, 15) is 9.59 Å². The molecule has 8 aromatic carbocycles. The van der Waals surface area contributed by atoms with E-state index in [0.717, 1.165) is 88.2 Å². The fourth-order valence-electron chi connectivity index (χ4n) is 6.59. The summed E-state index contributed by atoms with van der Waals surface area (Å²) in [7, 11) is 0. The second kappa shape index (κ2) is 6.67. The zero-order chi connectivity index (χ0) is 24.3. The summed E-state index contributed by atoms with van der Waals surface area (Å²) < 4.78 is 0. The molecule has 0 radical (unpaired) electrons. The lowest BCUT2D eigenvalue weighted by Gasteiger charge is -2.19. The van der Waals surface area contributed by atoms with Crippen LogP contribution in [0.5, 0.6) is 0 Å². The van der Waals surface area contributed by atoms with Crippen molar-refractivity contribution in [2.75, 3.05) is 0 Å². The van der Waals surface area contributed by atoms with Crippen LogP contribution in [0.1, 0.15) is 25.0 Å². The van der Waals surface area contributed by atoms with Gasteiger partial charge in [0.15, 0.2) is 10.9 Å². The zero-order valence-corrected chi connectivity index (χ0v) is 20.2. The van der Waals surface area contributed by atoms with Crippen LogP contribution in [0.3, 0.4) is 0 Å². The lowest BCUT2D eigenvalue weighted by atomic mass is 9.83. The Labute approximate surface area is 206 Å². The van der Waals surface area contributed by atoms with Gasteiger partial charge >= 0.3 is 0 Å². The van der Waals surface area contributed by atoms with Gasteiger partial charge in [-0.25, -0.2) is 0 Å². The molecular formula is C34H22O2. The van der Waals surface area contributed by atoms with Crippen LogP contribution < -0.4 is 10.9 Å². The Kier molecular flexibility index (Phi) is 3.70. The first-order valence-electron chi connectivity index (χ1n) is 12.7. The van der Waals surface area contributed by atoms with Gasteiger partial charge in [-0.15, -0.1) is 0 Å². The molecule has 0 amide bonds. The van der Waals surface area contributed by atoms with Crippen LogP contribution in [-0.4, -0.2) is 0 Å². The third-order valence-electron chi connectivity index (χ3n) is 8.41. The second-order valence-electron chi connectivity index (χ2n) is 10.1. The van der Waals surface area contributed by atoms with Crippen LogP contribution in [0.15, 0.2) is 82.4 Å². The van der Waals surface area contributed by atoms with Crippen molar-refractivity contribution in [1.29, 1.82) is 0 Å². The van der Waals surface area contributed by atoms with Gasteiger partial charge in [0.25, 0.3) is 0 Å². The normalized spacial score (nSPS) is 12.6. The Bertz CT molecular complexity index is 2140. The van der Waals surface area contributed by atoms with Gasteiger partial charge in [0.05, 0.1) is 0 Å². The van der Waals surface area contributed by atoms with E-state index in [4.69, 9.17) is 0 Å². The lowest BCUT2D eigenvalue weighted by Crippen LogP contribution is -2.06. The van der Waals surface area contributed by atoms with Gasteiger partial charge in [-0.1, -0.05) is 50.2 Å². The maximum Gasteiger partial charge on any atom is 0.194 e. The molecular weight excluding hydrogens is 440 g/mol. The summed E-state index contributed by atoms with van der Waals surface area (Å²) >= 11 is 0. The molecule has 36 heavy (non-hydrogen) atoms. The smallest absolute Gasteiger partial charge is 0.194 e. The van der Waals surface area contributed by atoms with Crippen molar-refractivity contribution in [1.82, 2.24) is 0 Å². The van der Waals surface area contributed by atoms with E-state index < -0.39 is 0 Å². The van der Waals surface area contributed by atoms with Gasteiger partial charge in [-0.2, -0.15) is 0 Å². The van der Waals surface area contributed by atoms with Gasteiger partial charge in [0.2, 0.25) is 0 Å². The average Bonchev–Trinajstić information content (AvgIpc) is 2.93. The van der Waals surface area contributed by atoms with Crippen molar-refractivity contribution in [2.45, 2.75) is 26.7 Å². The number of benzene rings is 8. The van der Waals surface area contributed by atoms with Crippen LogP contribution in [-0.2, 0) is 12.8 Å². The van der Waals surface area contributed by atoms with Crippen molar-refractivity contribution < 1.29 is 0 Å². The number of rotatable bonds is 2. The molecule has 0 saturated heterocycles. The molecule has 2 nitrogen and oxygen atoms in total. The molecule has 0 bridgehead atoms. The first-order chi connectivity index (χ1) is 17.6. The molecule has 0 heterocycles.